The molecule has 0 aromatic heterocycles. The molecule has 1 amide bonds. The van der Waals surface area contributed by atoms with Crippen LogP contribution in [-0.4, -0.2) is 64.7 Å². The summed E-state index contributed by atoms with van der Waals surface area (Å²) in [6.07, 6.45) is -0.509. The van der Waals surface area contributed by atoms with Crippen molar-refractivity contribution in [1.82, 2.24) is 10.2 Å². The lowest BCUT2D eigenvalue weighted by atomic mass is 10.1. The van der Waals surface area contributed by atoms with Gasteiger partial charge in [0.1, 0.15) is 24.5 Å². The lowest BCUT2D eigenvalue weighted by molar-refractivity contribution is -0.129. The van der Waals surface area contributed by atoms with Crippen molar-refractivity contribution in [3.63, 3.8) is 0 Å². The van der Waals surface area contributed by atoms with E-state index in [1.165, 1.54) is 0 Å². The smallest absolute Gasteiger partial charge is 0.240 e. The third kappa shape index (κ3) is 3.96. The van der Waals surface area contributed by atoms with Crippen molar-refractivity contribution < 1.29 is 19.8 Å². The van der Waals surface area contributed by atoms with Gasteiger partial charge >= 0.3 is 0 Å². The molecule has 0 radical (unpaired) electrons. The molecule has 1 fully saturated rings. The number of hydrogen-bond donors (Lipinski definition) is 3. The zero-order valence-electron chi connectivity index (χ0n) is 13.3. The number of nitrogens with one attached hydrogen (secondary N) is 1. The summed E-state index contributed by atoms with van der Waals surface area (Å²) in [4.78, 5) is 25.2. The molecule has 0 bridgehead atoms. The fourth-order valence-electron chi connectivity index (χ4n) is 2.97. The van der Waals surface area contributed by atoms with Crippen molar-refractivity contribution in [1.29, 1.82) is 0 Å². The normalized spacial score (nSPS) is 27.8. The average molecular weight is 320 g/mol. The fourth-order valence-corrected chi connectivity index (χ4v) is 2.97. The van der Waals surface area contributed by atoms with Crippen molar-refractivity contribution in [2.45, 2.75) is 44.1 Å². The summed E-state index contributed by atoms with van der Waals surface area (Å²) < 4.78 is 0. The molecule has 4 unspecified atom stereocenters. The number of amides is 1. The third-order valence-electron chi connectivity index (χ3n) is 4.22. The molecule has 0 aliphatic carbocycles. The molecule has 23 heavy (non-hydrogen) atoms. The van der Waals surface area contributed by atoms with Crippen LogP contribution in [0.4, 0.5) is 0 Å². The van der Waals surface area contributed by atoms with E-state index < -0.39 is 24.3 Å². The van der Waals surface area contributed by atoms with E-state index in [0.29, 0.717) is 25.8 Å². The highest BCUT2D eigenvalue weighted by molar-refractivity contribution is 5.84. The monoisotopic (exact) mass is 320 g/mol. The Bertz CT molecular complexity index is 523. The minimum Gasteiger partial charge on any atom is -0.388 e. The van der Waals surface area contributed by atoms with E-state index in [-0.39, 0.29) is 5.91 Å². The topological polar surface area (TPSA) is 89.9 Å². The van der Waals surface area contributed by atoms with E-state index in [4.69, 9.17) is 0 Å². The van der Waals surface area contributed by atoms with Crippen LogP contribution in [0.5, 0.6) is 0 Å². The van der Waals surface area contributed by atoms with Crippen LogP contribution < -0.4 is 5.32 Å². The number of nitrogens with zero attached hydrogens (tertiary/aromatic N) is 1. The van der Waals surface area contributed by atoms with Gasteiger partial charge in [0.15, 0.2) is 0 Å². The van der Waals surface area contributed by atoms with Gasteiger partial charge in [0, 0.05) is 13.1 Å². The molecule has 0 spiro atoms. The van der Waals surface area contributed by atoms with E-state index in [1.54, 1.807) is 4.90 Å². The first-order valence-electron chi connectivity index (χ1n) is 7.99. The molecule has 1 aliphatic heterocycles. The predicted octanol–water partition coefficient (Wildman–Crippen LogP) is -0.271. The average Bonchev–Trinajstić information content (AvgIpc) is 2.82. The van der Waals surface area contributed by atoms with Crippen molar-refractivity contribution in [2.75, 3.05) is 13.1 Å². The molecule has 126 valence electrons. The van der Waals surface area contributed by atoms with Gasteiger partial charge in [-0.15, -0.1) is 0 Å². The minimum absolute atomic E-state index is 0.351. The highest BCUT2D eigenvalue weighted by Crippen LogP contribution is 2.25. The maximum absolute atomic E-state index is 12.3. The Balaban J connectivity index is 2.12. The van der Waals surface area contributed by atoms with Gasteiger partial charge in [0.25, 0.3) is 0 Å². The second-order valence-corrected chi connectivity index (χ2v) is 5.82. The Labute approximate surface area is 136 Å². The summed E-state index contributed by atoms with van der Waals surface area (Å²) in [6.45, 7) is 2.84. The van der Waals surface area contributed by atoms with Crippen LogP contribution in [-0.2, 0) is 16.0 Å². The number of hydrogen-bond acceptors (Lipinski definition) is 5. The van der Waals surface area contributed by atoms with Crippen LogP contribution >= 0.6 is 0 Å². The number of rotatable bonds is 7. The maximum atomic E-state index is 12.3. The van der Waals surface area contributed by atoms with Crippen LogP contribution in [0, 0.1) is 0 Å². The summed E-state index contributed by atoms with van der Waals surface area (Å²) in [6, 6.07) is 7.91. The molecular weight excluding hydrogens is 296 g/mol. The molecule has 4 atom stereocenters. The molecule has 3 N–H and O–H groups in total. The summed E-state index contributed by atoms with van der Waals surface area (Å²) in [7, 11) is 0. The van der Waals surface area contributed by atoms with E-state index in [1.807, 2.05) is 37.3 Å². The molecular formula is C17H24N2O4. The Morgan fingerprint density at radius 2 is 1.96 bits per heavy atom. The Kier molecular flexibility index (Phi) is 6.27. The van der Waals surface area contributed by atoms with E-state index in [0.717, 1.165) is 12.0 Å². The van der Waals surface area contributed by atoms with Crippen molar-refractivity contribution in [3.05, 3.63) is 35.9 Å². The molecule has 1 aromatic carbocycles. The maximum Gasteiger partial charge on any atom is 0.240 e. The lowest BCUT2D eigenvalue weighted by Crippen LogP contribution is -2.50. The van der Waals surface area contributed by atoms with Gasteiger partial charge in [-0.2, -0.15) is 0 Å². The zero-order chi connectivity index (χ0) is 16.8. The summed E-state index contributed by atoms with van der Waals surface area (Å²) in [5.74, 6) is -0.351. The Morgan fingerprint density at radius 1 is 1.26 bits per heavy atom. The fraction of sp³-hybridized carbons (Fsp3) is 0.529. The van der Waals surface area contributed by atoms with Crippen molar-refractivity contribution in [2.24, 2.45) is 0 Å². The summed E-state index contributed by atoms with van der Waals surface area (Å²) in [5, 5.41) is 23.0. The van der Waals surface area contributed by atoms with Crippen molar-refractivity contribution >= 4 is 12.2 Å². The second kappa shape index (κ2) is 8.19. The van der Waals surface area contributed by atoms with E-state index in [9.17, 15) is 19.8 Å². The van der Waals surface area contributed by atoms with Gasteiger partial charge in [-0.05, 0) is 18.4 Å². The van der Waals surface area contributed by atoms with Crippen LogP contribution in [0.1, 0.15) is 18.9 Å². The number of aldehydes is 1. The first-order valence-corrected chi connectivity index (χ1v) is 7.99. The molecule has 1 heterocycles. The number of carbonyl (C=O) groups excluding carboxylic acids is 2. The SMILES string of the molecule is CCCNC(=O)C1C(O)C(O)C(C=O)N1CCc1ccccc1. The number of likely N-dealkylation sites (tertiary alicyclic amines) is 1. The van der Waals surface area contributed by atoms with Crippen LogP contribution in [0.2, 0.25) is 0 Å². The highest BCUT2D eigenvalue weighted by Gasteiger charge is 2.50. The first-order chi connectivity index (χ1) is 11.1. The minimum atomic E-state index is -1.27. The van der Waals surface area contributed by atoms with Gasteiger partial charge in [-0.3, -0.25) is 9.69 Å². The zero-order valence-corrected chi connectivity index (χ0v) is 13.3. The van der Waals surface area contributed by atoms with Crippen LogP contribution in [0.15, 0.2) is 30.3 Å². The quantitative estimate of drug-likeness (QED) is 0.602. The summed E-state index contributed by atoms with van der Waals surface area (Å²) in [5.41, 5.74) is 1.07. The third-order valence-corrected chi connectivity index (χ3v) is 4.22. The molecule has 6 nitrogen and oxygen atoms in total. The van der Waals surface area contributed by atoms with Crippen molar-refractivity contribution in [3.8, 4) is 0 Å². The largest absolute Gasteiger partial charge is 0.388 e. The highest BCUT2D eigenvalue weighted by atomic mass is 16.3. The Morgan fingerprint density at radius 3 is 2.57 bits per heavy atom. The molecule has 0 saturated carbocycles. The van der Waals surface area contributed by atoms with Crippen LogP contribution in [0.3, 0.4) is 0 Å². The predicted molar refractivity (Wildman–Crippen MR) is 85.8 cm³/mol. The standard InChI is InChI=1S/C17H24N2O4/c1-2-9-18-17(23)14-16(22)15(21)13(11-20)19(14)10-8-12-6-4-3-5-7-12/h3-7,11,13-16,21-22H,2,8-10H2,1H3,(H,18,23). The number of carbonyl (C=O) groups is 2. The molecule has 1 saturated heterocycles. The van der Waals surface area contributed by atoms with Gasteiger partial charge < -0.3 is 20.3 Å². The first kappa shape index (κ1) is 17.6. The second-order valence-electron chi connectivity index (χ2n) is 5.82. The van der Waals surface area contributed by atoms with E-state index >= 15 is 0 Å². The van der Waals surface area contributed by atoms with Gasteiger partial charge in [-0.1, -0.05) is 37.3 Å². The molecule has 2 rings (SSSR count). The van der Waals surface area contributed by atoms with Gasteiger partial charge in [-0.25, -0.2) is 0 Å². The van der Waals surface area contributed by atoms with Crippen LogP contribution in [0.25, 0.3) is 0 Å². The number of aliphatic hydroxyl groups excluding tert-OH is 2. The Hall–Kier alpha value is -1.76. The van der Waals surface area contributed by atoms with E-state index in [2.05, 4.69) is 5.32 Å². The number of aliphatic hydroxyl groups is 2. The molecule has 6 heteroatoms. The summed E-state index contributed by atoms with van der Waals surface area (Å²) >= 11 is 0. The van der Waals surface area contributed by atoms with Gasteiger partial charge in [0.2, 0.25) is 5.91 Å². The lowest BCUT2D eigenvalue weighted by Gasteiger charge is -2.27. The molecule has 1 aliphatic rings. The van der Waals surface area contributed by atoms with Gasteiger partial charge in [0.05, 0.1) is 6.04 Å². The molecule has 1 aromatic rings. The number of benzene rings is 1.